The SMILES string of the molecule is O=C(O)CNC(c1ccc(O)cc1)c1ccc(Cl)cc1. The smallest absolute Gasteiger partial charge is 0.317 e. The van der Waals surface area contributed by atoms with Gasteiger partial charge in [-0.25, -0.2) is 0 Å². The van der Waals surface area contributed by atoms with E-state index >= 15 is 0 Å². The van der Waals surface area contributed by atoms with Gasteiger partial charge in [-0.05, 0) is 35.4 Å². The normalized spacial score (nSPS) is 12.1. The minimum Gasteiger partial charge on any atom is -0.508 e. The first-order chi connectivity index (χ1) is 9.56. The van der Waals surface area contributed by atoms with E-state index in [1.807, 2.05) is 12.1 Å². The van der Waals surface area contributed by atoms with Gasteiger partial charge in [0.1, 0.15) is 5.75 Å². The molecule has 0 saturated heterocycles. The zero-order valence-corrected chi connectivity index (χ0v) is 11.3. The second-order valence-corrected chi connectivity index (χ2v) is 4.79. The van der Waals surface area contributed by atoms with Crippen LogP contribution >= 0.6 is 11.6 Å². The van der Waals surface area contributed by atoms with Gasteiger partial charge in [0, 0.05) is 5.02 Å². The van der Waals surface area contributed by atoms with Crippen LogP contribution in [0.25, 0.3) is 0 Å². The summed E-state index contributed by atoms with van der Waals surface area (Å²) in [7, 11) is 0. The Morgan fingerprint density at radius 3 is 2.05 bits per heavy atom. The Balaban J connectivity index is 2.30. The fourth-order valence-electron chi connectivity index (χ4n) is 1.94. The number of aliphatic carboxylic acids is 1. The van der Waals surface area contributed by atoms with E-state index in [0.29, 0.717) is 5.02 Å². The van der Waals surface area contributed by atoms with E-state index in [2.05, 4.69) is 5.32 Å². The Kier molecular flexibility index (Phi) is 4.61. The van der Waals surface area contributed by atoms with Crippen molar-refractivity contribution in [1.82, 2.24) is 5.32 Å². The van der Waals surface area contributed by atoms with Crippen LogP contribution in [0.5, 0.6) is 5.75 Å². The highest BCUT2D eigenvalue weighted by Gasteiger charge is 2.14. The van der Waals surface area contributed by atoms with Gasteiger partial charge in [0.25, 0.3) is 0 Å². The molecule has 0 aliphatic rings. The molecule has 3 N–H and O–H groups in total. The number of nitrogens with one attached hydrogen (secondary N) is 1. The minimum absolute atomic E-state index is 0.159. The van der Waals surface area contributed by atoms with Crippen LogP contribution in [0.1, 0.15) is 17.2 Å². The number of carboxylic acids is 1. The summed E-state index contributed by atoms with van der Waals surface area (Å²) in [6, 6.07) is 13.6. The number of aromatic hydroxyl groups is 1. The van der Waals surface area contributed by atoms with Crippen molar-refractivity contribution in [3.63, 3.8) is 0 Å². The van der Waals surface area contributed by atoms with E-state index < -0.39 is 5.97 Å². The second kappa shape index (κ2) is 6.41. The van der Waals surface area contributed by atoms with Gasteiger partial charge in [-0.3, -0.25) is 10.1 Å². The maximum Gasteiger partial charge on any atom is 0.317 e. The molecule has 2 aromatic carbocycles. The summed E-state index contributed by atoms with van der Waals surface area (Å²) in [5.74, 6) is -0.760. The molecule has 2 aromatic rings. The first-order valence-corrected chi connectivity index (χ1v) is 6.43. The second-order valence-electron chi connectivity index (χ2n) is 4.35. The summed E-state index contributed by atoms with van der Waals surface area (Å²) in [6.45, 7) is -0.159. The van der Waals surface area contributed by atoms with E-state index in [4.69, 9.17) is 16.7 Å². The predicted molar refractivity (Wildman–Crippen MR) is 77.0 cm³/mol. The van der Waals surface area contributed by atoms with E-state index in [0.717, 1.165) is 11.1 Å². The maximum absolute atomic E-state index is 10.8. The van der Waals surface area contributed by atoms with Crippen molar-refractivity contribution in [2.24, 2.45) is 0 Å². The standard InChI is InChI=1S/C15H14ClNO3/c16-12-5-1-10(2-6-12)15(17-9-14(19)20)11-3-7-13(18)8-4-11/h1-8,15,17-18H,9H2,(H,19,20). The van der Waals surface area contributed by atoms with Gasteiger partial charge in [-0.15, -0.1) is 0 Å². The molecule has 0 radical (unpaired) electrons. The lowest BCUT2D eigenvalue weighted by molar-refractivity contribution is -0.136. The quantitative estimate of drug-likeness (QED) is 0.792. The number of carboxylic acid groups (broad SMARTS) is 1. The number of carbonyl (C=O) groups is 1. The molecule has 0 heterocycles. The Hall–Kier alpha value is -2.04. The number of halogens is 1. The molecule has 1 atom stereocenters. The minimum atomic E-state index is -0.928. The van der Waals surface area contributed by atoms with Crippen molar-refractivity contribution in [2.75, 3.05) is 6.54 Å². The summed E-state index contributed by atoms with van der Waals surface area (Å²) < 4.78 is 0. The van der Waals surface area contributed by atoms with Crippen molar-refractivity contribution in [1.29, 1.82) is 0 Å². The third kappa shape index (κ3) is 3.73. The molecule has 2 rings (SSSR count). The molecule has 0 aliphatic carbocycles. The Morgan fingerprint density at radius 2 is 1.55 bits per heavy atom. The number of hydrogen-bond acceptors (Lipinski definition) is 3. The summed E-state index contributed by atoms with van der Waals surface area (Å²) in [5, 5.41) is 21.7. The lowest BCUT2D eigenvalue weighted by atomic mass is 9.98. The van der Waals surface area contributed by atoms with Crippen molar-refractivity contribution in [2.45, 2.75) is 6.04 Å². The van der Waals surface area contributed by atoms with E-state index in [9.17, 15) is 9.90 Å². The van der Waals surface area contributed by atoms with E-state index in [1.165, 1.54) is 0 Å². The number of hydrogen-bond donors (Lipinski definition) is 3. The first-order valence-electron chi connectivity index (χ1n) is 6.06. The zero-order chi connectivity index (χ0) is 14.5. The average molecular weight is 292 g/mol. The molecule has 0 fully saturated rings. The van der Waals surface area contributed by atoms with E-state index in [1.54, 1.807) is 36.4 Å². The predicted octanol–water partition coefficient (Wildman–Crippen LogP) is 2.81. The average Bonchev–Trinajstić information content (AvgIpc) is 2.42. The molecular weight excluding hydrogens is 278 g/mol. The molecule has 1 unspecified atom stereocenters. The molecular formula is C15H14ClNO3. The van der Waals surface area contributed by atoms with Crippen molar-refractivity contribution in [3.8, 4) is 5.75 Å². The highest BCUT2D eigenvalue weighted by atomic mass is 35.5. The van der Waals surface area contributed by atoms with Crippen LogP contribution in [0.2, 0.25) is 5.02 Å². The monoisotopic (exact) mass is 291 g/mol. The highest BCUT2D eigenvalue weighted by molar-refractivity contribution is 6.30. The Morgan fingerprint density at radius 1 is 1.05 bits per heavy atom. The van der Waals surface area contributed by atoms with Gasteiger partial charge in [0.05, 0.1) is 12.6 Å². The molecule has 4 nitrogen and oxygen atoms in total. The topological polar surface area (TPSA) is 69.6 Å². The van der Waals surface area contributed by atoms with E-state index in [-0.39, 0.29) is 18.3 Å². The van der Waals surface area contributed by atoms with Gasteiger partial charge in [0.15, 0.2) is 0 Å². The zero-order valence-electron chi connectivity index (χ0n) is 10.6. The summed E-state index contributed by atoms with van der Waals surface area (Å²) in [6.07, 6.45) is 0. The molecule has 0 saturated carbocycles. The largest absolute Gasteiger partial charge is 0.508 e. The maximum atomic E-state index is 10.8. The van der Waals surface area contributed by atoms with Crippen LogP contribution in [0, 0.1) is 0 Å². The molecule has 20 heavy (non-hydrogen) atoms. The van der Waals surface area contributed by atoms with Crippen LogP contribution in [-0.4, -0.2) is 22.7 Å². The molecule has 104 valence electrons. The van der Waals surface area contributed by atoms with Crippen LogP contribution in [0.15, 0.2) is 48.5 Å². The van der Waals surface area contributed by atoms with Gasteiger partial charge in [-0.1, -0.05) is 35.9 Å². The third-order valence-electron chi connectivity index (χ3n) is 2.89. The highest BCUT2D eigenvalue weighted by Crippen LogP contribution is 2.24. The molecule has 5 heteroatoms. The number of benzene rings is 2. The van der Waals surface area contributed by atoms with Crippen LogP contribution in [0.4, 0.5) is 0 Å². The van der Waals surface area contributed by atoms with Gasteiger partial charge >= 0.3 is 5.97 Å². The molecule has 0 bridgehead atoms. The number of phenols is 1. The molecule has 0 spiro atoms. The number of phenolic OH excluding ortho intramolecular Hbond substituents is 1. The van der Waals surface area contributed by atoms with Crippen molar-refractivity contribution in [3.05, 3.63) is 64.7 Å². The molecule has 0 aliphatic heterocycles. The van der Waals surface area contributed by atoms with Crippen molar-refractivity contribution >= 4 is 17.6 Å². The van der Waals surface area contributed by atoms with Gasteiger partial charge < -0.3 is 10.2 Å². The van der Waals surface area contributed by atoms with Gasteiger partial charge in [-0.2, -0.15) is 0 Å². The first kappa shape index (κ1) is 14.4. The van der Waals surface area contributed by atoms with Crippen LogP contribution in [-0.2, 0) is 4.79 Å². The fraction of sp³-hybridized carbons (Fsp3) is 0.133. The van der Waals surface area contributed by atoms with Crippen LogP contribution in [0.3, 0.4) is 0 Å². The fourth-order valence-corrected chi connectivity index (χ4v) is 2.07. The van der Waals surface area contributed by atoms with Crippen molar-refractivity contribution < 1.29 is 15.0 Å². The third-order valence-corrected chi connectivity index (χ3v) is 3.14. The molecule has 0 amide bonds. The lowest BCUT2D eigenvalue weighted by Crippen LogP contribution is -2.28. The van der Waals surface area contributed by atoms with Crippen LogP contribution < -0.4 is 5.32 Å². The Bertz CT molecular complexity index is 536. The Labute approximate surface area is 121 Å². The summed E-state index contributed by atoms with van der Waals surface area (Å²) in [4.78, 5) is 10.8. The molecule has 0 aromatic heterocycles. The lowest BCUT2D eigenvalue weighted by Gasteiger charge is -2.19. The summed E-state index contributed by atoms with van der Waals surface area (Å²) in [5.41, 5.74) is 1.77. The van der Waals surface area contributed by atoms with Gasteiger partial charge in [0.2, 0.25) is 0 Å². The number of rotatable bonds is 5. The summed E-state index contributed by atoms with van der Waals surface area (Å²) >= 11 is 5.86.